The highest BCUT2D eigenvalue weighted by Crippen LogP contribution is 2.40. The first-order valence-corrected chi connectivity index (χ1v) is 7.73. The van der Waals surface area contributed by atoms with Crippen molar-refractivity contribution in [1.82, 2.24) is 4.67 Å². The van der Waals surface area contributed by atoms with Gasteiger partial charge in [0.15, 0.2) is 0 Å². The van der Waals surface area contributed by atoms with Crippen molar-refractivity contribution in [3.63, 3.8) is 0 Å². The van der Waals surface area contributed by atoms with Gasteiger partial charge in [0, 0.05) is 25.3 Å². The maximum absolute atomic E-state index is 2.57. The Labute approximate surface area is 89.6 Å². The fourth-order valence-electron chi connectivity index (χ4n) is 1.04. The van der Waals surface area contributed by atoms with E-state index < -0.39 is 0 Å². The Morgan fingerprint density at radius 1 is 1.08 bits per heavy atom. The molecule has 0 amide bonds. The van der Waals surface area contributed by atoms with Crippen LogP contribution in [-0.2, 0) is 0 Å². The number of nitrogens with zero attached hydrogens (tertiary/aromatic N) is 1. The Bertz CT molecular complexity index is 120. The first-order valence-electron chi connectivity index (χ1n) is 5.18. The van der Waals surface area contributed by atoms with E-state index in [1.807, 2.05) is 0 Å². The van der Waals surface area contributed by atoms with Gasteiger partial charge in [-0.2, -0.15) is 0 Å². The zero-order valence-corrected chi connectivity index (χ0v) is 11.6. The largest absolute Gasteiger partial charge is 0.271 e. The van der Waals surface area contributed by atoms with Crippen LogP contribution in [0, 0.1) is 0 Å². The first-order chi connectivity index (χ1) is 5.99. The van der Waals surface area contributed by atoms with Crippen LogP contribution in [0.25, 0.3) is 0 Å². The average Bonchev–Trinajstić information content (AvgIpc) is 2.03. The molecule has 0 rings (SSSR count). The summed E-state index contributed by atoms with van der Waals surface area (Å²) in [6, 6.07) is 1.35. The van der Waals surface area contributed by atoms with E-state index in [9.17, 15) is 0 Å². The Kier molecular flexibility index (Phi) is 7.49. The van der Waals surface area contributed by atoms with Crippen LogP contribution in [0.15, 0.2) is 0 Å². The summed E-state index contributed by atoms with van der Waals surface area (Å²) in [5.74, 6) is 0. The highest BCUT2D eigenvalue weighted by Gasteiger charge is 2.14. The highest BCUT2D eigenvalue weighted by molar-refractivity contribution is 8.49. The Balaban J connectivity index is 3.83. The number of hydrogen-bond donors (Lipinski definition) is 0. The van der Waals surface area contributed by atoms with Gasteiger partial charge in [0.2, 0.25) is 0 Å². The lowest BCUT2D eigenvalue weighted by molar-refractivity contribution is 0.332. The minimum atomic E-state index is 0.676. The molecule has 2 unspecified atom stereocenters. The lowest BCUT2D eigenvalue weighted by Crippen LogP contribution is -2.28. The second kappa shape index (κ2) is 7.09. The second-order valence-corrected chi connectivity index (χ2v) is 7.02. The molecule has 13 heavy (non-hydrogen) atoms. The first kappa shape index (κ1) is 13.7. The molecule has 0 heterocycles. The van der Waals surface area contributed by atoms with Gasteiger partial charge in [-0.25, -0.2) is 0 Å². The van der Waals surface area contributed by atoms with E-state index in [0.29, 0.717) is 12.1 Å². The minimum Gasteiger partial charge on any atom is -0.271 e. The van der Waals surface area contributed by atoms with Gasteiger partial charge < -0.3 is 0 Å². The SMILES string of the molecule is CCC(C)SPN(C(C)C)C(C)C. The van der Waals surface area contributed by atoms with Crippen LogP contribution in [0.1, 0.15) is 48.0 Å². The summed E-state index contributed by atoms with van der Waals surface area (Å²) in [7, 11) is 0.921. The van der Waals surface area contributed by atoms with E-state index in [2.05, 4.69) is 57.6 Å². The number of hydrogen-bond acceptors (Lipinski definition) is 2. The molecular weight excluding hydrogens is 197 g/mol. The Hall–Kier alpha value is 0.740. The van der Waals surface area contributed by atoms with Crippen molar-refractivity contribution in [3.8, 4) is 0 Å². The van der Waals surface area contributed by atoms with Crippen molar-refractivity contribution in [2.45, 2.75) is 65.3 Å². The summed E-state index contributed by atoms with van der Waals surface area (Å²) in [6.45, 7) is 13.7. The van der Waals surface area contributed by atoms with Crippen LogP contribution in [0.5, 0.6) is 0 Å². The summed E-state index contributed by atoms with van der Waals surface area (Å²) in [6.07, 6.45) is 1.28. The third kappa shape index (κ3) is 5.93. The molecule has 0 fully saturated rings. The topological polar surface area (TPSA) is 3.24 Å². The molecule has 0 aromatic heterocycles. The van der Waals surface area contributed by atoms with Gasteiger partial charge in [0.05, 0.1) is 0 Å². The fourth-order valence-corrected chi connectivity index (χ4v) is 4.60. The molecule has 0 aromatic rings. The molecule has 0 radical (unpaired) electrons. The molecule has 0 saturated carbocycles. The third-order valence-electron chi connectivity index (χ3n) is 2.05. The molecule has 0 aliphatic heterocycles. The second-order valence-electron chi connectivity index (χ2n) is 4.02. The third-order valence-corrected chi connectivity index (χ3v) is 6.29. The van der Waals surface area contributed by atoms with Crippen molar-refractivity contribution >= 4 is 19.3 Å². The summed E-state index contributed by atoms with van der Waals surface area (Å²) >= 11 is 2.09. The highest BCUT2D eigenvalue weighted by atomic mass is 32.7. The molecule has 0 aliphatic carbocycles. The van der Waals surface area contributed by atoms with Gasteiger partial charge >= 0.3 is 0 Å². The zero-order valence-electron chi connectivity index (χ0n) is 9.79. The standard InChI is InChI=1S/C10H24NPS/c1-7-10(6)13-12-11(8(2)3)9(4)5/h8-10,12H,7H2,1-6H3. The quantitative estimate of drug-likeness (QED) is 0.620. The smallest absolute Gasteiger partial charge is 0.0108 e. The summed E-state index contributed by atoms with van der Waals surface area (Å²) < 4.78 is 2.57. The van der Waals surface area contributed by atoms with Gasteiger partial charge in [-0.05, 0) is 34.1 Å². The lowest BCUT2D eigenvalue weighted by Gasteiger charge is -2.30. The monoisotopic (exact) mass is 221 g/mol. The Morgan fingerprint density at radius 3 is 1.85 bits per heavy atom. The Morgan fingerprint density at radius 2 is 1.54 bits per heavy atom. The van der Waals surface area contributed by atoms with Crippen molar-refractivity contribution in [1.29, 1.82) is 0 Å². The maximum atomic E-state index is 2.57. The zero-order chi connectivity index (χ0) is 10.4. The van der Waals surface area contributed by atoms with Gasteiger partial charge in [0.1, 0.15) is 0 Å². The fraction of sp³-hybridized carbons (Fsp3) is 1.00. The van der Waals surface area contributed by atoms with Crippen molar-refractivity contribution in [3.05, 3.63) is 0 Å². The minimum absolute atomic E-state index is 0.676. The van der Waals surface area contributed by atoms with Crippen LogP contribution < -0.4 is 0 Å². The average molecular weight is 221 g/mol. The molecule has 0 N–H and O–H groups in total. The van der Waals surface area contributed by atoms with E-state index in [4.69, 9.17) is 0 Å². The van der Waals surface area contributed by atoms with E-state index in [1.165, 1.54) is 6.42 Å². The van der Waals surface area contributed by atoms with Crippen molar-refractivity contribution in [2.24, 2.45) is 0 Å². The van der Waals surface area contributed by atoms with Gasteiger partial charge in [-0.3, -0.25) is 4.67 Å². The van der Waals surface area contributed by atoms with E-state index in [1.54, 1.807) is 0 Å². The van der Waals surface area contributed by atoms with Crippen molar-refractivity contribution in [2.75, 3.05) is 0 Å². The molecule has 0 aromatic carbocycles. The van der Waals surface area contributed by atoms with Crippen LogP contribution in [0.3, 0.4) is 0 Å². The van der Waals surface area contributed by atoms with Crippen LogP contribution in [0.2, 0.25) is 0 Å². The molecule has 2 atom stereocenters. The molecule has 3 heteroatoms. The predicted molar refractivity (Wildman–Crippen MR) is 67.8 cm³/mol. The predicted octanol–water partition coefficient (Wildman–Crippen LogP) is 4.15. The summed E-state index contributed by atoms with van der Waals surface area (Å²) in [5.41, 5.74) is 0. The molecule has 0 bridgehead atoms. The molecule has 0 spiro atoms. The van der Waals surface area contributed by atoms with E-state index in [-0.39, 0.29) is 0 Å². The summed E-state index contributed by atoms with van der Waals surface area (Å²) in [4.78, 5) is 0. The molecule has 80 valence electrons. The molecule has 1 nitrogen and oxygen atoms in total. The van der Waals surface area contributed by atoms with Gasteiger partial charge in [-0.15, -0.1) is 11.4 Å². The van der Waals surface area contributed by atoms with Crippen LogP contribution in [-0.4, -0.2) is 22.0 Å². The van der Waals surface area contributed by atoms with E-state index >= 15 is 0 Å². The normalized spacial score (nSPS) is 15.5. The molecular formula is C10H24NPS. The summed E-state index contributed by atoms with van der Waals surface area (Å²) in [5, 5.41) is 0.804. The lowest BCUT2D eigenvalue weighted by atomic mass is 10.3. The molecule has 0 saturated heterocycles. The van der Waals surface area contributed by atoms with Crippen molar-refractivity contribution < 1.29 is 0 Å². The maximum Gasteiger partial charge on any atom is 0.0108 e. The number of rotatable bonds is 6. The van der Waals surface area contributed by atoms with Gasteiger partial charge in [0.25, 0.3) is 0 Å². The van der Waals surface area contributed by atoms with E-state index in [0.717, 1.165) is 13.2 Å². The molecule has 0 aliphatic rings. The van der Waals surface area contributed by atoms with Gasteiger partial charge in [-0.1, -0.05) is 13.8 Å². The van der Waals surface area contributed by atoms with Crippen LogP contribution >= 0.6 is 19.3 Å². The van der Waals surface area contributed by atoms with Crippen LogP contribution in [0.4, 0.5) is 0 Å².